The predicted molar refractivity (Wildman–Crippen MR) is 73.4 cm³/mol. The first kappa shape index (κ1) is 13.5. The van der Waals surface area contributed by atoms with Crippen LogP contribution in [0.1, 0.15) is 51.3 Å². The van der Waals surface area contributed by atoms with E-state index in [4.69, 9.17) is 0 Å². The number of nitrogens with zero attached hydrogens (tertiary/aromatic N) is 3. The Morgan fingerprint density at radius 1 is 1.33 bits per heavy atom. The van der Waals surface area contributed by atoms with Gasteiger partial charge in [-0.2, -0.15) is 5.10 Å². The lowest BCUT2D eigenvalue weighted by molar-refractivity contribution is 0.279. The molecule has 1 aromatic heterocycles. The van der Waals surface area contributed by atoms with Gasteiger partial charge in [0.2, 0.25) is 0 Å². The zero-order valence-electron chi connectivity index (χ0n) is 11.7. The maximum atomic E-state index is 4.30. The molecule has 0 atom stereocenters. The number of aromatic nitrogens is 3. The number of hydrogen-bond acceptors (Lipinski definition) is 3. The number of hydrogen-bond donors (Lipinski definition) is 1. The van der Waals surface area contributed by atoms with Gasteiger partial charge in [-0.05, 0) is 31.6 Å². The van der Waals surface area contributed by atoms with Crippen molar-refractivity contribution < 1.29 is 0 Å². The molecule has 2 rings (SSSR count). The highest BCUT2D eigenvalue weighted by Gasteiger charge is 2.19. The van der Waals surface area contributed by atoms with Crippen molar-refractivity contribution in [1.82, 2.24) is 20.1 Å². The molecule has 1 aliphatic carbocycles. The first-order chi connectivity index (χ1) is 8.78. The molecule has 0 bridgehead atoms. The van der Waals surface area contributed by atoms with Crippen LogP contribution >= 0.6 is 0 Å². The topological polar surface area (TPSA) is 42.7 Å². The molecule has 0 saturated heterocycles. The van der Waals surface area contributed by atoms with E-state index in [9.17, 15) is 0 Å². The van der Waals surface area contributed by atoms with E-state index < -0.39 is 0 Å². The second-order valence-corrected chi connectivity index (χ2v) is 5.54. The molecule has 0 unspecified atom stereocenters. The lowest BCUT2D eigenvalue weighted by Crippen LogP contribution is -2.34. The average molecular weight is 250 g/mol. The van der Waals surface area contributed by atoms with Gasteiger partial charge in [-0.25, -0.2) is 4.98 Å². The van der Waals surface area contributed by atoms with Crippen molar-refractivity contribution >= 4 is 0 Å². The molecule has 1 N–H and O–H groups in total. The average Bonchev–Trinajstić information content (AvgIpc) is 2.78. The Morgan fingerprint density at radius 3 is 2.72 bits per heavy atom. The van der Waals surface area contributed by atoms with E-state index >= 15 is 0 Å². The summed E-state index contributed by atoms with van der Waals surface area (Å²) in [5.41, 5.74) is 0. The monoisotopic (exact) mass is 250 g/mol. The predicted octanol–water partition coefficient (Wildman–Crippen LogP) is 2.31. The summed E-state index contributed by atoms with van der Waals surface area (Å²) in [5.74, 6) is 1.94. The van der Waals surface area contributed by atoms with Crippen LogP contribution in [0.2, 0.25) is 0 Å². The van der Waals surface area contributed by atoms with E-state index in [0.29, 0.717) is 0 Å². The molecule has 4 nitrogen and oxygen atoms in total. The molecule has 4 heteroatoms. The molecular formula is C14H26N4. The van der Waals surface area contributed by atoms with Crippen LogP contribution in [0, 0.1) is 5.92 Å². The van der Waals surface area contributed by atoms with Gasteiger partial charge in [0.05, 0.1) is 0 Å². The van der Waals surface area contributed by atoms with Crippen LogP contribution in [0.5, 0.6) is 0 Å². The van der Waals surface area contributed by atoms with Crippen LogP contribution in [-0.4, -0.2) is 27.4 Å². The summed E-state index contributed by atoms with van der Waals surface area (Å²) in [5, 5.41) is 7.95. The Balaban J connectivity index is 1.60. The van der Waals surface area contributed by atoms with E-state index in [1.165, 1.54) is 38.5 Å². The zero-order valence-corrected chi connectivity index (χ0v) is 11.7. The summed E-state index contributed by atoms with van der Waals surface area (Å²) in [6, 6.07) is 0.724. The SMILES string of the molecule is CCCC1CCC(NCCc2ncn(C)n2)CC1. The van der Waals surface area contributed by atoms with Gasteiger partial charge < -0.3 is 5.32 Å². The van der Waals surface area contributed by atoms with Crippen LogP contribution in [-0.2, 0) is 13.5 Å². The quantitative estimate of drug-likeness (QED) is 0.842. The van der Waals surface area contributed by atoms with Gasteiger partial charge in [0.15, 0.2) is 5.82 Å². The van der Waals surface area contributed by atoms with E-state index in [2.05, 4.69) is 22.3 Å². The van der Waals surface area contributed by atoms with E-state index in [1.54, 1.807) is 11.0 Å². The van der Waals surface area contributed by atoms with Gasteiger partial charge in [-0.1, -0.05) is 19.8 Å². The first-order valence-electron chi connectivity index (χ1n) is 7.35. The Kier molecular flexibility index (Phi) is 5.17. The highest BCUT2D eigenvalue weighted by molar-refractivity contribution is 4.84. The molecule has 1 fully saturated rings. The molecule has 0 aromatic carbocycles. The van der Waals surface area contributed by atoms with Gasteiger partial charge in [-0.3, -0.25) is 4.68 Å². The molecule has 0 spiro atoms. The van der Waals surface area contributed by atoms with Gasteiger partial charge in [-0.15, -0.1) is 0 Å². The summed E-state index contributed by atoms with van der Waals surface area (Å²) in [4.78, 5) is 4.25. The Bertz CT molecular complexity index is 339. The Hall–Kier alpha value is -0.900. The standard InChI is InChI=1S/C14H26N4/c1-3-4-12-5-7-13(8-6-12)15-10-9-14-16-11-18(2)17-14/h11-13,15H,3-10H2,1-2H3. The van der Waals surface area contributed by atoms with Crippen molar-refractivity contribution in [2.24, 2.45) is 13.0 Å². The highest BCUT2D eigenvalue weighted by atomic mass is 15.3. The molecule has 0 radical (unpaired) electrons. The molecule has 1 saturated carbocycles. The third-order valence-corrected chi connectivity index (χ3v) is 3.97. The van der Waals surface area contributed by atoms with Crippen molar-refractivity contribution in [3.63, 3.8) is 0 Å². The normalized spacial score (nSPS) is 24.3. The minimum Gasteiger partial charge on any atom is -0.314 e. The molecule has 18 heavy (non-hydrogen) atoms. The van der Waals surface area contributed by atoms with Crippen LogP contribution in [0.15, 0.2) is 6.33 Å². The smallest absolute Gasteiger partial charge is 0.151 e. The van der Waals surface area contributed by atoms with E-state index in [-0.39, 0.29) is 0 Å². The number of nitrogens with one attached hydrogen (secondary N) is 1. The fourth-order valence-corrected chi connectivity index (χ4v) is 2.95. The summed E-state index contributed by atoms with van der Waals surface area (Å²) in [6.45, 7) is 3.30. The molecule has 1 aromatic rings. The van der Waals surface area contributed by atoms with Crippen molar-refractivity contribution in [3.8, 4) is 0 Å². The third kappa shape index (κ3) is 4.09. The van der Waals surface area contributed by atoms with Crippen molar-refractivity contribution in [2.45, 2.75) is 57.9 Å². The van der Waals surface area contributed by atoms with Crippen molar-refractivity contribution in [1.29, 1.82) is 0 Å². The van der Waals surface area contributed by atoms with E-state index in [1.807, 2.05) is 7.05 Å². The van der Waals surface area contributed by atoms with Gasteiger partial charge in [0.1, 0.15) is 6.33 Å². The van der Waals surface area contributed by atoms with E-state index in [0.717, 1.165) is 30.7 Å². The Morgan fingerprint density at radius 2 is 2.11 bits per heavy atom. The maximum absolute atomic E-state index is 4.30. The molecule has 0 aliphatic heterocycles. The fourth-order valence-electron chi connectivity index (χ4n) is 2.95. The van der Waals surface area contributed by atoms with Crippen LogP contribution in [0.4, 0.5) is 0 Å². The second-order valence-electron chi connectivity index (χ2n) is 5.54. The van der Waals surface area contributed by atoms with Crippen molar-refractivity contribution in [2.75, 3.05) is 6.54 Å². The third-order valence-electron chi connectivity index (χ3n) is 3.97. The molecule has 1 heterocycles. The lowest BCUT2D eigenvalue weighted by Gasteiger charge is -2.29. The Labute approximate surface area is 110 Å². The summed E-state index contributed by atoms with van der Waals surface area (Å²) < 4.78 is 1.77. The summed E-state index contributed by atoms with van der Waals surface area (Å²) in [7, 11) is 1.92. The van der Waals surface area contributed by atoms with Gasteiger partial charge >= 0.3 is 0 Å². The van der Waals surface area contributed by atoms with Crippen molar-refractivity contribution in [3.05, 3.63) is 12.2 Å². The minimum absolute atomic E-state index is 0.724. The van der Waals surface area contributed by atoms with Crippen LogP contribution < -0.4 is 5.32 Å². The van der Waals surface area contributed by atoms with Crippen LogP contribution in [0.25, 0.3) is 0 Å². The van der Waals surface area contributed by atoms with Gasteiger partial charge in [0.25, 0.3) is 0 Å². The number of aryl methyl sites for hydroxylation is 1. The summed E-state index contributed by atoms with van der Waals surface area (Å²) in [6.07, 6.45) is 11.0. The molecule has 102 valence electrons. The minimum atomic E-state index is 0.724. The number of rotatable bonds is 6. The first-order valence-corrected chi connectivity index (χ1v) is 7.35. The fraction of sp³-hybridized carbons (Fsp3) is 0.857. The molecule has 1 aliphatic rings. The second kappa shape index (κ2) is 6.88. The molecular weight excluding hydrogens is 224 g/mol. The van der Waals surface area contributed by atoms with Gasteiger partial charge in [0, 0.05) is 26.1 Å². The maximum Gasteiger partial charge on any atom is 0.151 e. The largest absolute Gasteiger partial charge is 0.314 e. The summed E-state index contributed by atoms with van der Waals surface area (Å²) >= 11 is 0. The molecule has 0 amide bonds. The zero-order chi connectivity index (χ0) is 12.8. The van der Waals surface area contributed by atoms with Crippen LogP contribution in [0.3, 0.4) is 0 Å². The lowest BCUT2D eigenvalue weighted by atomic mass is 9.83. The highest BCUT2D eigenvalue weighted by Crippen LogP contribution is 2.27.